The summed E-state index contributed by atoms with van der Waals surface area (Å²) < 4.78 is 0. The van der Waals surface area contributed by atoms with Gasteiger partial charge >= 0.3 is 0 Å². The zero-order valence-electron chi connectivity index (χ0n) is 12.0. The van der Waals surface area contributed by atoms with Gasteiger partial charge in [-0.05, 0) is 37.9 Å². The fourth-order valence-corrected chi connectivity index (χ4v) is 3.74. The first-order valence-corrected chi connectivity index (χ1v) is 7.74. The maximum absolute atomic E-state index is 5.78. The lowest BCUT2D eigenvalue weighted by molar-refractivity contribution is 0.214. The number of pyridine rings is 1. The molecule has 2 aliphatic rings. The molecule has 0 saturated carbocycles. The predicted molar refractivity (Wildman–Crippen MR) is 84.6 cm³/mol. The number of rotatable bonds is 3. The summed E-state index contributed by atoms with van der Waals surface area (Å²) in [6.07, 6.45) is 5.71. The molecule has 0 aliphatic carbocycles. The average molecular weight is 290 g/mol. The van der Waals surface area contributed by atoms with Gasteiger partial charge in [0, 0.05) is 37.9 Å². The molecular weight excluding hydrogens is 268 g/mol. The number of likely N-dealkylation sites (N-methyl/N-ethyl adjacent to an activating group) is 1. The van der Waals surface area contributed by atoms with E-state index in [1.165, 1.54) is 19.3 Å². The van der Waals surface area contributed by atoms with E-state index < -0.39 is 0 Å². The number of nitrogens with two attached hydrogens (primary N) is 1. The van der Waals surface area contributed by atoms with Crippen LogP contribution >= 0.6 is 12.2 Å². The second-order valence-corrected chi connectivity index (χ2v) is 6.39. The molecule has 4 nitrogen and oxygen atoms in total. The van der Waals surface area contributed by atoms with Gasteiger partial charge in [0.15, 0.2) is 0 Å². The standard InChI is InChI=1S/C15H22N4S/c1-18-12-4-5-13(18)10-19(8-6-12)9-11-3-2-7-17-14(11)15(16)20/h2-3,7,12-13H,4-6,8-10H2,1H3,(H2,16,20). The molecule has 5 heteroatoms. The van der Waals surface area contributed by atoms with E-state index in [9.17, 15) is 0 Å². The van der Waals surface area contributed by atoms with Crippen LogP contribution in [0.5, 0.6) is 0 Å². The Morgan fingerprint density at radius 2 is 2.20 bits per heavy atom. The molecule has 20 heavy (non-hydrogen) atoms. The molecule has 2 fully saturated rings. The Bertz CT molecular complexity index is 504. The van der Waals surface area contributed by atoms with Crippen molar-refractivity contribution in [1.29, 1.82) is 0 Å². The quantitative estimate of drug-likeness (QED) is 0.852. The van der Waals surface area contributed by atoms with Gasteiger partial charge in [0.1, 0.15) is 10.7 Å². The fraction of sp³-hybridized carbons (Fsp3) is 0.600. The lowest BCUT2D eigenvalue weighted by Crippen LogP contribution is -2.36. The molecule has 0 radical (unpaired) electrons. The highest BCUT2D eigenvalue weighted by Gasteiger charge is 2.34. The van der Waals surface area contributed by atoms with E-state index in [1.54, 1.807) is 6.20 Å². The van der Waals surface area contributed by atoms with Crippen LogP contribution in [-0.2, 0) is 6.54 Å². The summed E-state index contributed by atoms with van der Waals surface area (Å²) in [7, 11) is 2.27. The predicted octanol–water partition coefficient (Wildman–Crippen LogP) is 1.38. The maximum Gasteiger partial charge on any atom is 0.123 e. The molecule has 0 amide bonds. The molecule has 108 valence electrons. The SMILES string of the molecule is CN1C2CCC1CN(Cc1cccnc1C(N)=S)CC2. The van der Waals surface area contributed by atoms with Crippen LogP contribution in [-0.4, -0.2) is 52.0 Å². The number of hydrogen-bond donors (Lipinski definition) is 1. The van der Waals surface area contributed by atoms with Crippen molar-refractivity contribution >= 4 is 17.2 Å². The monoisotopic (exact) mass is 290 g/mol. The van der Waals surface area contributed by atoms with Gasteiger partial charge in [-0.15, -0.1) is 0 Å². The zero-order valence-corrected chi connectivity index (χ0v) is 12.8. The molecule has 2 atom stereocenters. The number of nitrogens with zero attached hydrogens (tertiary/aromatic N) is 3. The van der Waals surface area contributed by atoms with Crippen molar-refractivity contribution in [1.82, 2.24) is 14.8 Å². The molecule has 2 bridgehead atoms. The van der Waals surface area contributed by atoms with E-state index in [-0.39, 0.29) is 0 Å². The molecule has 0 spiro atoms. The van der Waals surface area contributed by atoms with Gasteiger partial charge in [-0.2, -0.15) is 0 Å². The molecule has 2 aliphatic heterocycles. The molecule has 2 N–H and O–H groups in total. The van der Waals surface area contributed by atoms with Crippen LogP contribution in [0.3, 0.4) is 0 Å². The van der Waals surface area contributed by atoms with E-state index in [1.807, 2.05) is 6.07 Å². The van der Waals surface area contributed by atoms with Gasteiger partial charge in [-0.3, -0.25) is 14.8 Å². The number of fused-ring (bicyclic) bond motifs is 2. The third kappa shape index (κ3) is 2.71. The Morgan fingerprint density at radius 1 is 1.40 bits per heavy atom. The summed E-state index contributed by atoms with van der Waals surface area (Å²) >= 11 is 5.10. The summed E-state index contributed by atoms with van der Waals surface area (Å²) in [6.45, 7) is 3.19. The number of aromatic nitrogens is 1. The first kappa shape index (κ1) is 13.9. The van der Waals surface area contributed by atoms with Crippen LogP contribution < -0.4 is 5.73 Å². The van der Waals surface area contributed by atoms with E-state index in [2.05, 4.69) is 27.9 Å². The van der Waals surface area contributed by atoms with Crippen molar-refractivity contribution in [2.75, 3.05) is 20.1 Å². The van der Waals surface area contributed by atoms with Crippen LogP contribution in [0.1, 0.15) is 30.5 Å². The van der Waals surface area contributed by atoms with Gasteiger partial charge in [0.2, 0.25) is 0 Å². The molecule has 2 saturated heterocycles. The minimum atomic E-state index is 0.397. The smallest absolute Gasteiger partial charge is 0.123 e. The Hall–Kier alpha value is -1.04. The molecule has 3 rings (SSSR count). The summed E-state index contributed by atoms with van der Waals surface area (Å²) in [5, 5.41) is 0. The van der Waals surface area contributed by atoms with Crippen LogP contribution in [0, 0.1) is 0 Å². The molecule has 0 aromatic carbocycles. The van der Waals surface area contributed by atoms with Crippen molar-refractivity contribution in [3.63, 3.8) is 0 Å². The normalized spacial score (nSPS) is 27.4. The highest BCUT2D eigenvalue weighted by molar-refractivity contribution is 7.80. The van der Waals surface area contributed by atoms with E-state index in [0.29, 0.717) is 11.0 Å². The van der Waals surface area contributed by atoms with Crippen LogP contribution in [0.25, 0.3) is 0 Å². The molecule has 1 aromatic heterocycles. The van der Waals surface area contributed by atoms with Crippen LogP contribution in [0.4, 0.5) is 0 Å². The third-order valence-corrected chi connectivity index (χ3v) is 4.94. The molecule has 3 heterocycles. The lowest BCUT2D eigenvalue weighted by Gasteiger charge is -2.26. The summed E-state index contributed by atoms with van der Waals surface area (Å²) in [5.41, 5.74) is 7.71. The average Bonchev–Trinajstić information content (AvgIpc) is 2.67. The number of likely N-dealkylation sites (tertiary alicyclic amines) is 1. The third-order valence-electron chi connectivity index (χ3n) is 4.75. The summed E-state index contributed by atoms with van der Waals surface area (Å²) in [5.74, 6) is 0. The Labute approximate surface area is 126 Å². The van der Waals surface area contributed by atoms with Crippen molar-refractivity contribution in [3.05, 3.63) is 29.6 Å². The van der Waals surface area contributed by atoms with Crippen LogP contribution in [0.2, 0.25) is 0 Å². The minimum Gasteiger partial charge on any atom is -0.388 e. The maximum atomic E-state index is 5.78. The van der Waals surface area contributed by atoms with E-state index in [4.69, 9.17) is 18.0 Å². The fourth-order valence-electron chi connectivity index (χ4n) is 3.55. The van der Waals surface area contributed by atoms with Gasteiger partial charge in [0.05, 0.1) is 0 Å². The molecular formula is C15H22N4S. The van der Waals surface area contributed by atoms with Crippen molar-refractivity contribution < 1.29 is 0 Å². The number of thiocarbonyl (C=S) groups is 1. The second-order valence-electron chi connectivity index (χ2n) is 5.95. The van der Waals surface area contributed by atoms with Crippen LogP contribution in [0.15, 0.2) is 18.3 Å². The lowest BCUT2D eigenvalue weighted by atomic mass is 10.1. The first-order chi connectivity index (χ1) is 9.65. The van der Waals surface area contributed by atoms with Crippen molar-refractivity contribution in [3.8, 4) is 0 Å². The summed E-state index contributed by atoms with van der Waals surface area (Å²) in [4.78, 5) is 9.82. The van der Waals surface area contributed by atoms with E-state index >= 15 is 0 Å². The highest BCUT2D eigenvalue weighted by Crippen LogP contribution is 2.29. The Balaban J connectivity index is 1.74. The van der Waals surface area contributed by atoms with Gasteiger partial charge in [-0.25, -0.2) is 0 Å². The first-order valence-electron chi connectivity index (χ1n) is 7.33. The van der Waals surface area contributed by atoms with E-state index in [0.717, 1.165) is 36.9 Å². The topological polar surface area (TPSA) is 45.4 Å². The van der Waals surface area contributed by atoms with Gasteiger partial charge in [0.25, 0.3) is 0 Å². The Kier molecular flexibility index (Phi) is 4.01. The van der Waals surface area contributed by atoms with Gasteiger partial charge in [-0.1, -0.05) is 18.3 Å². The summed E-state index contributed by atoms with van der Waals surface area (Å²) in [6, 6.07) is 5.53. The molecule has 2 unspecified atom stereocenters. The minimum absolute atomic E-state index is 0.397. The van der Waals surface area contributed by atoms with Crippen molar-refractivity contribution in [2.45, 2.75) is 37.9 Å². The van der Waals surface area contributed by atoms with Gasteiger partial charge < -0.3 is 5.73 Å². The Morgan fingerprint density at radius 3 is 3.00 bits per heavy atom. The highest BCUT2D eigenvalue weighted by atomic mass is 32.1. The second kappa shape index (κ2) is 5.76. The van der Waals surface area contributed by atoms with Crippen molar-refractivity contribution in [2.24, 2.45) is 5.73 Å². The number of hydrogen-bond acceptors (Lipinski definition) is 4. The molecule has 1 aromatic rings. The zero-order chi connectivity index (χ0) is 14.1. The largest absolute Gasteiger partial charge is 0.388 e.